The zero-order valence-electron chi connectivity index (χ0n) is 7.66. The number of hydrogen-bond acceptors (Lipinski definition) is 1. The smallest absolute Gasteiger partial charge is 0.0302 e. The molecule has 0 bridgehead atoms. The Morgan fingerprint density at radius 2 is 2.42 bits per heavy atom. The van der Waals surface area contributed by atoms with Crippen LogP contribution in [-0.2, 0) is 0 Å². The fraction of sp³-hybridized carbons (Fsp3) is 0.455. The maximum atomic E-state index is 4.11. The van der Waals surface area contributed by atoms with Gasteiger partial charge in [0.15, 0.2) is 0 Å². The quantitative estimate of drug-likeness (QED) is 0.662. The minimum absolute atomic E-state index is 0.415. The molecule has 0 amide bonds. The predicted molar refractivity (Wildman–Crippen MR) is 51.9 cm³/mol. The number of nitrogens with zero attached hydrogens (tertiary/aromatic N) is 1. The third-order valence-corrected chi connectivity index (χ3v) is 2.06. The van der Waals surface area contributed by atoms with Gasteiger partial charge in [-0.3, -0.25) is 4.98 Å². The van der Waals surface area contributed by atoms with Crippen molar-refractivity contribution in [1.82, 2.24) is 4.98 Å². The Hall–Kier alpha value is -0.850. The molecule has 65 valence electrons. The van der Waals surface area contributed by atoms with Crippen LogP contribution in [0.5, 0.6) is 0 Å². The SMILES string of the molecule is [CH2]C(CCCC)c1cccnc1. The van der Waals surface area contributed by atoms with Gasteiger partial charge in [0.05, 0.1) is 0 Å². The van der Waals surface area contributed by atoms with Crippen LogP contribution < -0.4 is 0 Å². The average Bonchev–Trinajstić information content (AvgIpc) is 2.15. The highest BCUT2D eigenvalue weighted by Gasteiger charge is 2.03. The van der Waals surface area contributed by atoms with Crippen molar-refractivity contribution in [3.8, 4) is 0 Å². The van der Waals surface area contributed by atoms with Crippen LogP contribution >= 0.6 is 0 Å². The van der Waals surface area contributed by atoms with Crippen molar-refractivity contribution in [2.24, 2.45) is 0 Å². The van der Waals surface area contributed by atoms with Gasteiger partial charge in [-0.05, 0) is 30.9 Å². The number of aromatic nitrogens is 1. The summed E-state index contributed by atoms with van der Waals surface area (Å²) in [5.41, 5.74) is 1.26. The second-order valence-electron chi connectivity index (χ2n) is 3.13. The fourth-order valence-corrected chi connectivity index (χ4v) is 1.23. The van der Waals surface area contributed by atoms with E-state index in [1.54, 1.807) is 6.20 Å². The highest BCUT2D eigenvalue weighted by Crippen LogP contribution is 2.19. The minimum atomic E-state index is 0.415. The lowest BCUT2D eigenvalue weighted by atomic mass is 9.97. The van der Waals surface area contributed by atoms with Crippen molar-refractivity contribution in [2.75, 3.05) is 0 Å². The third kappa shape index (κ3) is 2.65. The van der Waals surface area contributed by atoms with Gasteiger partial charge in [0.25, 0.3) is 0 Å². The normalized spacial score (nSPS) is 12.8. The van der Waals surface area contributed by atoms with Crippen molar-refractivity contribution in [3.63, 3.8) is 0 Å². The van der Waals surface area contributed by atoms with Crippen molar-refractivity contribution in [3.05, 3.63) is 37.0 Å². The van der Waals surface area contributed by atoms with E-state index in [0.717, 1.165) is 0 Å². The maximum absolute atomic E-state index is 4.11. The van der Waals surface area contributed by atoms with Crippen LogP contribution in [0.4, 0.5) is 0 Å². The van der Waals surface area contributed by atoms with E-state index in [4.69, 9.17) is 0 Å². The standard InChI is InChI=1S/C11H16N/c1-3-4-6-10(2)11-7-5-8-12-9-11/h5,7-10H,2-4,6H2,1H3. The molecule has 0 aromatic carbocycles. The van der Waals surface area contributed by atoms with Gasteiger partial charge in [0.1, 0.15) is 0 Å². The summed E-state index contributed by atoms with van der Waals surface area (Å²) in [6, 6.07) is 4.07. The monoisotopic (exact) mass is 162 g/mol. The van der Waals surface area contributed by atoms with E-state index in [0.29, 0.717) is 5.92 Å². The van der Waals surface area contributed by atoms with Crippen LogP contribution in [0.2, 0.25) is 0 Å². The van der Waals surface area contributed by atoms with Gasteiger partial charge >= 0.3 is 0 Å². The van der Waals surface area contributed by atoms with Crippen LogP contribution in [0.3, 0.4) is 0 Å². The van der Waals surface area contributed by atoms with Crippen LogP contribution in [0.15, 0.2) is 24.5 Å². The highest BCUT2D eigenvalue weighted by molar-refractivity contribution is 5.15. The van der Waals surface area contributed by atoms with E-state index in [1.807, 2.05) is 12.3 Å². The lowest BCUT2D eigenvalue weighted by Gasteiger charge is -2.09. The van der Waals surface area contributed by atoms with E-state index in [9.17, 15) is 0 Å². The largest absolute Gasteiger partial charge is 0.264 e. The second-order valence-corrected chi connectivity index (χ2v) is 3.13. The first kappa shape index (κ1) is 9.24. The molecular formula is C11H16N. The van der Waals surface area contributed by atoms with Gasteiger partial charge in [-0.2, -0.15) is 0 Å². The molecule has 1 rings (SSSR count). The third-order valence-electron chi connectivity index (χ3n) is 2.06. The summed E-state index contributed by atoms with van der Waals surface area (Å²) in [6.45, 7) is 6.31. The first-order valence-electron chi connectivity index (χ1n) is 4.57. The number of rotatable bonds is 4. The number of hydrogen-bond donors (Lipinski definition) is 0. The van der Waals surface area contributed by atoms with E-state index in [-0.39, 0.29) is 0 Å². The Kier molecular flexibility index (Phi) is 3.78. The van der Waals surface area contributed by atoms with Gasteiger partial charge in [-0.15, -0.1) is 0 Å². The van der Waals surface area contributed by atoms with Gasteiger partial charge in [0, 0.05) is 12.4 Å². The molecule has 1 aromatic rings. The molecule has 1 aromatic heterocycles. The van der Waals surface area contributed by atoms with Gasteiger partial charge in [0.2, 0.25) is 0 Å². The summed E-state index contributed by atoms with van der Waals surface area (Å²) in [6.07, 6.45) is 7.38. The first-order chi connectivity index (χ1) is 5.84. The second kappa shape index (κ2) is 4.91. The topological polar surface area (TPSA) is 12.9 Å². The highest BCUT2D eigenvalue weighted by atomic mass is 14.6. The minimum Gasteiger partial charge on any atom is -0.264 e. The maximum Gasteiger partial charge on any atom is 0.0302 e. The van der Waals surface area contributed by atoms with Crippen molar-refractivity contribution in [2.45, 2.75) is 32.1 Å². The van der Waals surface area contributed by atoms with Gasteiger partial charge < -0.3 is 0 Å². The number of unbranched alkanes of at least 4 members (excludes halogenated alkanes) is 1. The van der Waals surface area contributed by atoms with Crippen molar-refractivity contribution >= 4 is 0 Å². The van der Waals surface area contributed by atoms with E-state index < -0.39 is 0 Å². The molecule has 1 atom stereocenters. The predicted octanol–water partition coefficient (Wildman–Crippen LogP) is 3.19. The van der Waals surface area contributed by atoms with E-state index in [1.165, 1.54) is 24.8 Å². The molecule has 0 saturated carbocycles. The Balaban J connectivity index is 2.48. The summed E-state index contributed by atoms with van der Waals surface area (Å²) in [5, 5.41) is 0. The van der Waals surface area contributed by atoms with Gasteiger partial charge in [-0.1, -0.05) is 25.8 Å². The summed E-state index contributed by atoms with van der Waals surface area (Å²) in [5.74, 6) is 0.415. The molecule has 1 radical (unpaired) electrons. The fourth-order valence-electron chi connectivity index (χ4n) is 1.23. The molecule has 0 aliphatic heterocycles. The molecule has 0 aliphatic rings. The molecule has 0 aliphatic carbocycles. The average molecular weight is 162 g/mol. The van der Waals surface area contributed by atoms with Crippen LogP contribution in [-0.4, -0.2) is 4.98 Å². The number of pyridine rings is 1. The molecule has 0 N–H and O–H groups in total. The first-order valence-corrected chi connectivity index (χ1v) is 4.57. The molecule has 0 fully saturated rings. The zero-order valence-corrected chi connectivity index (χ0v) is 7.66. The van der Waals surface area contributed by atoms with Crippen molar-refractivity contribution in [1.29, 1.82) is 0 Å². The molecule has 0 saturated heterocycles. The molecule has 1 heteroatoms. The molecule has 12 heavy (non-hydrogen) atoms. The lowest BCUT2D eigenvalue weighted by Crippen LogP contribution is -1.93. The van der Waals surface area contributed by atoms with Gasteiger partial charge in [-0.25, -0.2) is 0 Å². The summed E-state index contributed by atoms with van der Waals surface area (Å²) >= 11 is 0. The van der Waals surface area contributed by atoms with E-state index in [2.05, 4.69) is 24.9 Å². The molecule has 1 nitrogen and oxygen atoms in total. The summed E-state index contributed by atoms with van der Waals surface area (Å²) in [4.78, 5) is 4.07. The Morgan fingerprint density at radius 3 is 3.00 bits per heavy atom. The molecular weight excluding hydrogens is 146 g/mol. The van der Waals surface area contributed by atoms with Crippen LogP contribution in [0.1, 0.15) is 37.7 Å². The molecule has 1 unspecified atom stereocenters. The van der Waals surface area contributed by atoms with Crippen LogP contribution in [0.25, 0.3) is 0 Å². The zero-order chi connectivity index (χ0) is 8.81. The van der Waals surface area contributed by atoms with Crippen molar-refractivity contribution < 1.29 is 0 Å². The van der Waals surface area contributed by atoms with E-state index >= 15 is 0 Å². The Bertz CT molecular complexity index is 206. The summed E-state index contributed by atoms with van der Waals surface area (Å²) < 4.78 is 0. The molecule has 0 spiro atoms. The Morgan fingerprint density at radius 1 is 1.58 bits per heavy atom. The molecule has 1 heterocycles. The van der Waals surface area contributed by atoms with Crippen LogP contribution in [0, 0.1) is 6.92 Å². The lowest BCUT2D eigenvalue weighted by molar-refractivity contribution is 0.660. The summed E-state index contributed by atoms with van der Waals surface area (Å²) in [7, 11) is 0. The Labute approximate surface area is 74.8 Å².